The topological polar surface area (TPSA) is 64.3 Å². The minimum Gasteiger partial charge on any atom is -0.496 e. The number of hydrogen-bond acceptors (Lipinski definition) is 4. The van der Waals surface area contributed by atoms with Crippen molar-refractivity contribution in [2.45, 2.75) is 12.8 Å². The fourth-order valence-corrected chi connectivity index (χ4v) is 2.12. The molecule has 0 aromatic heterocycles. The van der Waals surface area contributed by atoms with Crippen molar-refractivity contribution in [1.29, 1.82) is 0 Å². The van der Waals surface area contributed by atoms with Crippen LogP contribution in [-0.2, 0) is 0 Å². The summed E-state index contributed by atoms with van der Waals surface area (Å²) in [5.74, 6) is 1.46. The fraction of sp³-hybridized carbons (Fsp3) is 0.462. The second-order valence-corrected chi connectivity index (χ2v) is 4.87. The summed E-state index contributed by atoms with van der Waals surface area (Å²) in [5.41, 5.74) is 6.67. The zero-order chi connectivity index (χ0) is 13.4. The van der Waals surface area contributed by atoms with Crippen LogP contribution in [0.4, 0.5) is 5.69 Å². The van der Waals surface area contributed by atoms with Gasteiger partial charge in [-0.2, -0.15) is 11.8 Å². The number of nitrogen functional groups attached to an aromatic ring is 1. The SMILES string of the molecule is COc1cccc(N)c1C(=O)NCCCCSC. The van der Waals surface area contributed by atoms with Crippen LogP contribution in [0.25, 0.3) is 0 Å². The van der Waals surface area contributed by atoms with Gasteiger partial charge in [0.15, 0.2) is 0 Å². The van der Waals surface area contributed by atoms with Crippen LogP contribution >= 0.6 is 11.8 Å². The van der Waals surface area contributed by atoms with Gasteiger partial charge in [0.25, 0.3) is 5.91 Å². The molecular weight excluding hydrogens is 248 g/mol. The van der Waals surface area contributed by atoms with Gasteiger partial charge in [0, 0.05) is 12.2 Å². The van der Waals surface area contributed by atoms with Gasteiger partial charge < -0.3 is 15.8 Å². The molecule has 0 unspecified atom stereocenters. The van der Waals surface area contributed by atoms with E-state index >= 15 is 0 Å². The fourth-order valence-electron chi connectivity index (χ4n) is 1.62. The number of carbonyl (C=O) groups is 1. The van der Waals surface area contributed by atoms with Crippen molar-refractivity contribution in [2.24, 2.45) is 0 Å². The molecule has 0 bridgehead atoms. The average Bonchev–Trinajstić information content (AvgIpc) is 2.37. The maximum Gasteiger partial charge on any atom is 0.257 e. The maximum absolute atomic E-state index is 12.0. The molecule has 0 saturated carbocycles. The van der Waals surface area contributed by atoms with Gasteiger partial charge in [-0.15, -0.1) is 0 Å². The third-order valence-electron chi connectivity index (χ3n) is 2.57. The summed E-state index contributed by atoms with van der Waals surface area (Å²) in [7, 11) is 1.53. The molecule has 0 spiro atoms. The molecule has 5 heteroatoms. The number of hydrogen-bond donors (Lipinski definition) is 2. The molecule has 1 amide bonds. The number of unbranched alkanes of at least 4 members (excludes halogenated alkanes) is 1. The number of amides is 1. The predicted octanol–water partition coefficient (Wildman–Crippen LogP) is 2.15. The first-order chi connectivity index (χ1) is 8.70. The summed E-state index contributed by atoms with van der Waals surface area (Å²) in [6, 6.07) is 5.20. The zero-order valence-electron chi connectivity index (χ0n) is 10.9. The molecular formula is C13H20N2O2S. The summed E-state index contributed by atoms with van der Waals surface area (Å²) in [6.45, 7) is 0.664. The Morgan fingerprint density at radius 1 is 1.44 bits per heavy atom. The third kappa shape index (κ3) is 4.14. The molecule has 0 aliphatic heterocycles. The Labute approximate surface area is 112 Å². The highest BCUT2D eigenvalue weighted by molar-refractivity contribution is 7.98. The standard InChI is InChI=1S/C13H20N2O2S/c1-17-11-7-5-6-10(14)12(11)13(16)15-8-3-4-9-18-2/h5-7H,3-4,8-9,14H2,1-2H3,(H,15,16). The monoisotopic (exact) mass is 268 g/mol. The van der Waals surface area contributed by atoms with E-state index in [9.17, 15) is 4.79 Å². The van der Waals surface area contributed by atoms with Gasteiger partial charge in [-0.05, 0) is 37.0 Å². The van der Waals surface area contributed by atoms with Crippen LogP contribution in [0, 0.1) is 0 Å². The molecule has 0 atom stereocenters. The average molecular weight is 268 g/mol. The van der Waals surface area contributed by atoms with Gasteiger partial charge in [-0.25, -0.2) is 0 Å². The smallest absolute Gasteiger partial charge is 0.257 e. The molecule has 100 valence electrons. The number of carbonyl (C=O) groups excluding carboxylic acids is 1. The molecule has 1 aromatic carbocycles. The maximum atomic E-state index is 12.0. The number of methoxy groups -OCH3 is 1. The van der Waals surface area contributed by atoms with Crippen LogP contribution in [0.15, 0.2) is 18.2 Å². The van der Waals surface area contributed by atoms with Crippen LogP contribution in [-0.4, -0.2) is 31.6 Å². The van der Waals surface area contributed by atoms with Crippen LogP contribution < -0.4 is 15.8 Å². The lowest BCUT2D eigenvalue weighted by atomic mass is 10.1. The van der Waals surface area contributed by atoms with E-state index in [2.05, 4.69) is 11.6 Å². The van der Waals surface area contributed by atoms with Gasteiger partial charge in [0.2, 0.25) is 0 Å². The second kappa shape index (κ2) is 7.87. The Balaban J connectivity index is 2.56. The van der Waals surface area contributed by atoms with Crippen LogP contribution in [0.5, 0.6) is 5.75 Å². The molecule has 0 saturated heterocycles. The summed E-state index contributed by atoms with van der Waals surface area (Å²) in [5, 5.41) is 2.87. The lowest BCUT2D eigenvalue weighted by Gasteiger charge is -2.11. The van der Waals surface area contributed by atoms with Crippen molar-refractivity contribution in [1.82, 2.24) is 5.32 Å². The molecule has 1 aromatic rings. The van der Waals surface area contributed by atoms with Crippen LogP contribution in [0.3, 0.4) is 0 Å². The van der Waals surface area contributed by atoms with Crippen molar-refractivity contribution in [3.63, 3.8) is 0 Å². The molecule has 3 N–H and O–H groups in total. The highest BCUT2D eigenvalue weighted by Crippen LogP contribution is 2.23. The first-order valence-electron chi connectivity index (χ1n) is 5.90. The Morgan fingerprint density at radius 2 is 2.22 bits per heavy atom. The van der Waals surface area contributed by atoms with Gasteiger partial charge >= 0.3 is 0 Å². The summed E-state index contributed by atoms with van der Waals surface area (Å²) < 4.78 is 5.15. The van der Waals surface area contributed by atoms with E-state index in [1.807, 2.05) is 11.8 Å². The van der Waals surface area contributed by atoms with Gasteiger partial charge in [0.1, 0.15) is 11.3 Å². The molecule has 0 aliphatic carbocycles. The largest absolute Gasteiger partial charge is 0.496 e. The number of benzene rings is 1. The lowest BCUT2D eigenvalue weighted by Crippen LogP contribution is -2.26. The summed E-state index contributed by atoms with van der Waals surface area (Å²) >= 11 is 1.81. The number of thioether (sulfide) groups is 1. The highest BCUT2D eigenvalue weighted by Gasteiger charge is 2.14. The summed E-state index contributed by atoms with van der Waals surface area (Å²) in [4.78, 5) is 12.0. The number of anilines is 1. The van der Waals surface area contributed by atoms with Gasteiger partial charge in [-0.3, -0.25) is 4.79 Å². The quantitative estimate of drug-likeness (QED) is 0.587. The Bertz CT molecular complexity index is 397. The van der Waals surface area contributed by atoms with E-state index in [0.29, 0.717) is 23.5 Å². The molecule has 1 rings (SSSR count). The first-order valence-corrected chi connectivity index (χ1v) is 7.29. The van der Waals surface area contributed by atoms with E-state index < -0.39 is 0 Å². The van der Waals surface area contributed by atoms with Crippen molar-refractivity contribution >= 4 is 23.4 Å². The zero-order valence-corrected chi connectivity index (χ0v) is 11.7. The molecule has 0 aliphatic rings. The van der Waals surface area contributed by atoms with Gasteiger partial charge in [0.05, 0.1) is 7.11 Å². The summed E-state index contributed by atoms with van der Waals surface area (Å²) in [6.07, 6.45) is 4.15. The van der Waals surface area contributed by atoms with Crippen molar-refractivity contribution in [2.75, 3.05) is 31.4 Å². The van der Waals surface area contributed by atoms with Crippen molar-refractivity contribution in [3.8, 4) is 5.75 Å². The molecule has 4 nitrogen and oxygen atoms in total. The second-order valence-electron chi connectivity index (χ2n) is 3.88. The number of nitrogens with one attached hydrogen (secondary N) is 1. The molecule has 0 fully saturated rings. The molecule has 0 radical (unpaired) electrons. The van der Waals surface area contributed by atoms with E-state index in [0.717, 1.165) is 18.6 Å². The Morgan fingerprint density at radius 3 is 2.89 bits per heavy atom. The predicted molar refractivity (Wildman–Crippen MR) is 77.4 cm³/mol. The van der Waals surface area contributed by atoms with Crippen molar-refractivity contribution < 1.29 is 9.53 Å². The van der Waals surface area contributed by atoms with Crippen molar-refractivity contribution in [3.05, 3.63) is 23.8 Å². The number of rotatable bonds is 7. The van der Waals surface area contributed by atoms with Crippen LogP contribution in [0.2, 0.25) is 0 Å². The third-order valence-corrected chi connectivity index (χ3v) is 3.26. The number of ether oxygens (including phenoxy) is 1. The molecule has 0 heterocycles. The Hall–Kier alpha value is -1.36. The number of nitrogens with two attached hydrogens (primary N) is 1. The van der Waals surface area contributed by atoms with E-state index in [4.69, 9.17) is 10.5 Å². The highest BCUT2D eigenvalue weighted by atomic mass is 32.2. The van der Waals surface area contributed by atoms with E-state index in [1.165, 1.54) is 7.11 Å². The lowest BCUT2D eigenvalue weighted by molar-refractivity contribution is 0.0951. The normalized spacial score (nSPS) is 10.1. The Kier molecular flexibility index (Phi) is 6.43. The minimum absolute atomic E-state index is 0.172. The van der Waals surface area contributed by atoms with Crippen LogP contribution in [0.1, 0.15) is 23.2 Å². The molecule has 18 heavy (non-hydrogen) atoms. The van der Waals surface area contributed by atoms with Gasteiger partial charge in [-0.1, -0.05) is 6.07 Å². The van der Waals surface area contributed by atoms with E-state index in [-0.39, 0.29) is 5.91 Å². The van der Waals surface area contributed by atoms with E-state index in [1.54, 1.807) is 18.2 Å². The first kappa shape index (κ1) is 14.7. The minimum atomic E-state index is -0.172.